The van der Waals surface area contributed by atoms with Crippen LogP contribution in [0.15, 0.2) is 50.9 Å². The Morgan fingerprint density at radius 2 is 2.21 bits per heavy atom. The second-order valence-corrected chi connectivity index (χ2v) is 5.52. The van der Waals surface area contributed by atoms with E-state index in [4.69, 9.17) is 5.73 Å². The third kappa shape index (κ3) is 3.27. The third-order valence-electron chi connectivity index (χ3n) is 2.36. The van der Waals surface area contributed by atoms with E-state index < -0.39 is 5.97 Å². The van der Waals surface area contributed by atoms with E-state index in [0.29, 0.717) is 11.3 Å². The number of nitrogens with two attached hydrogens (primary N) is 1. The van der Waals surface area contributed by atoms with Crippen molar-refractivity contribution < 1.29 is 9.53 Å². The fraction of sp³-hybridized carbons (Fsp3) is 0.0769. The number of carbonyl (C=O) groups is 1. The van der Waals surface area contributed by atoms with Crippen LogP contribution in [0, 0.1) is 0 Å². The lowest BCUT2D eigenvalue weighted by Crippen LogP contribution is -2.02. The van der Waals surface area contributed by atoms with E-state index in [9.17, 15) is 4.79 Å². The minimum absolute atomic E-state index is 0.401. The van der Waals surface area contributed by atoms with Gasteiger partial charge in [0.15, 0.2) is 0 Å². The molecule has 1 aromatic carbocycles. The minimum atomic E-state index is -0.401. The fourth-order valence-electron chi connectivity index (χ4n) is 1.44. The molecule has 2 rings (SSSR count). The first-order valence-electron chi connectivity index (χ1n) is 5.38. The van der Waals surface area contributed by atoms with Gasteiger partial charge in [-0.25, -0.2) is 9.78 Å². The summed E-state index contributed by atoms with van der Waals surface area (Å²) in [5, 5.41) is 0.819. The van der Waals surface area contributed by atoms with Gasteiger partial charge in [-0.3, -0.25) is 0 Å². The zero-order chi connectivity index (χ0) is 13.8. The largest absolute Gasteiger partial charge is 0.465 e. The average Bonchev–Trinajstić information content (AvgIpc) is 2.42. The minimum Gasteiger partial charge on any atom is -0.465 e. The molecule has 4 nitrogen and oxygen atoms in total. The van der Waals surface area contributed by atoms with Gasteiger partial charge in [-0.05, 0) is 46.3 Å². The van der Waals surface area contributed by atoms with Gasteiger partial charge in [0.1, 0.15) is 5.03 Å². The number of ether oxygens (including phenoxy) is 1. The zero-order valence-corrected chi connectivity index (χ0v) is 12.5. The molecule has 0 spiro atoms. The fourth-order valence-corrected chi connectivity index (χ4v) is 2.73. The summed E-state index contributed by atoms with van der Waals surface area (Å²) in [7, 11) is 1.34. The molecule has 0 atom stereocenters. The van der Waals surface area contributed by atoms with Crippen LogP contribution in [0.3, 0.4) is 0 Å². The molecule has 0 saturated carbocycles. The maximum Gasteiger partial charge on any atom is 0.337 e. The Morgan fingerprint density at radius 3 is 2.84 bits per heavy atom. The first-order chi connectivity index (χ1) is 9.11. The molecule has 2 aromatic rings. The average molecular weight is 339 g/mol. The van der Waals surface area contributed by atoms with Crippen molar-refractivity contribution in [3.8, 4) is 0 Å². The molecule has 1 aromatic heterocycles. The van der Waals surface area contributed by atoms with Crippen molar-refractivity contribution in [2.24, 2.45) is 0 Å². The zero-order valence-electron chi connectivity index (χ0n) is 10.1. The Labute approximate surface area is 123 Å². The highest BCUT2D eigenvalue weighted by Crippen LogP contribution is 2.35. The summed E-state index contributed by atoms with van der Waals surface area (Å²) in [4.78, 5) is 16.5. The van der Waals surface area contributed by atoms with E-state index in [-0.39, 0.29) is 0 Å². The second kappa shape index (κ2) is 6.08. The Morgan fingerprint density at radius 1 is 1.42 bits per heavy atom. The highest BCUT2D eigenvalue weighted by Gasteiger charge is 2.10. The number of nitrogen functional groups attached to an aromatic ring is 1. The molecule has 0 amide bonds. The lowest BCUT2D eigenvalue weighted by molar-refractivity contribution is 0.0600. The van der Waals surface area contributed by atoms with Crippen molar-refractivity contribution in [3.05, 3.63) is 46.6 Å². The normalized spacial score (nSPS) is 10.2. The number of esters is 1. The molecule has 6 heteroatoms. The van der Waals surface area contributed by atoms with E-state index in [2.05, 4.69) is 25.7 Å². The molecule has 0 radical (unpaired) electrons. The molecule has 0 unspecified atom stereocenters. The lowest BCUT2D eigenvalue weighted by Gasteiger charge is -2.07. The topological polar surface area (TPSA) is 65.2 Å². The number of hydrogen-bond acceptors (Lipinski definition) is 5. The first-order valence-corrected chi connectivity index (χ1v) is 6.99. The Bertz CT molecular complexity index is 619. The molecule has 0 fully saturated rings. The maximum atomic E-state index is 11.4. The molecule has 98 valence electrons. The number of methoxy groups -OCH3 is 1. The van der Waals surface area contributed by atoms with Crippen molar-refractivity contribution in [3.63, 3.8) is 0 Å². The number of benzene rings is 1. The molecular weight excluding hydrogens is 328 g/mol. The van der Waals surface area contributed by atoms with E-state index in [1.807, 2.05) is 12.1 Å². The lowest BCUT2D eigenvalue weighted by atomic mass is 10.2. The standard InChI is InChI=1S/C13H11BrN2O2S/c1-18-13(17)8-4-5-11(10(15)7-8)19-12-9(14)3-2-6-16-12/h2-7H,15H2,1H3. The van der Waals surface area contributed by atoms with Crippen LogP contribution in [-0.4, -0.2) is 18.1 Å². The monoisotopic (exact) mass is 338 g/mol. The van der Waals surface area contributed by atoms with Crippen LogP contribution in [0.4, 0.5) is 5.69 Å². The number of pyridine rings is 1. The van der Waals surface area contributed by atoms with Crippen LogP contribution >= 0.6 is 27.7 Å². The van der Waals surface area contributed by atoms with Crippen LogP contribution < -0.4 is 5.73 Å². The molecule has 0 aliphatic rings. The van der Waals surface area contributed by atoms with Gasteiger partial charge in [0.2, 0.25) is 0 Å². The van der Waals surface area contributed by atoms with Gasteiger partial charge < -0.3 is 10.5 Å². The van der Waals surface area contributed by atoms with Gasteiger partial charge in [-0.15, -0.1) is 0 Å². The second-order valence-electron chi connectivity index (χ2n) is 3.64. The number of carbonyl (C=O) groups excluding carboxylic acids is 1. The molecule has 0 bridgehead atoms. The smallest absolute Gasteiger partial charge is 0.337 e. The predicted molar refractivity (Wildman–Crippen MR) is 78.3 cm³/mol. The van der Waals surface area contributed by atoms with Crippen LogP contribution in [0.25, 0.3) is 0 Å². The Kier molecular flexibility index (Phi) is 4.44. The Hall–Kier alpha value is -1.53. The summed E-state index contributed by atoms with van der Waals surface area (Å²) in [6.45, 7) is 0. The summed E-state index contributed by atoms with van der Waals surface area (Å²) >= 11 is 4.86. The van der Waals surface area contributed by atoms with Gasteiger partial charge in [0, 0.05) is 16.8 Å². The van der Waals surface area contributed by atoms with Crippen LogP contribution in [0.5, 0.6) is 0 Å². The highest BCUT2D eigenvalue weighted by molar-refractivity contribution is 9.10. The van der Waals surface area contributed by atoms with Gasteiger partial charge in [-0.2, -0.15) is 0 Å². The molecule has 19 heavy (non-hydrogen) atoms. The summed E-state index contributed by atoms with van der Waals surface area (Å²) in [6, 6.07) is 8.83. The number of halogens is 1. The summed E-state index contributed by atoms with van der Waals surface area (Å²) in [5.41, 5.74) is 6.89. The highest BCUT2D eigenvalue weighted by atomic mass is 79.9. The molecule has 1 heterocycles. The third-order valence-corrected chi connectivity index (χ3v) is 4.37. The maximum absolute atomic E-state index is 11.4. The van der Waals surface area contributed by atoms with E-state index in [1.54, 1.807) is 24.4 Å². The van der Waals surface area contributed by atoms with Crippen LogP contribution in [-0.2, 0) is 4.74 Å². The van der Waals surface area contributed by atoms with Gasteiger partial charge in [-0.1, -0.05) is 11.8 Å². The van der Waals surface area contributed by atoms with Crippen LogP contribution in [0.1, 0.15) is 10.4 Å². The van der Waals surface area contributed by atoms with Gasteiger partial charge in [0.05, 0.1) is 17.1 Å². The number of anilines is 1. The van der Waals surface area contributed by atoms with Crippen LogP contribution in [0.2, 0.25) is 0 Å². The number of aromatic nitrogens is 1. The number of rotatable bonds is 3. The molecule has 0 aliphatic heterocycles. The molecule has 0 aliphatic carbocycles. The molecule has 0 saturated heterocycles. The van der Waals surface area contributed by atoms with E-state index >= 15 is 0 Å². The van der Waals surface area contributed by atoms with E-state index in [1.165, 1.54) is 18.9 Å². The van der Waals surface area contributed by atoms with Crippen molar-refractivity contribution in [2.45, 2.75) is 9.92 Å². The molecular formula is C13H11BrN2O2S. The van der Waals surface area contributed by atoms with E-state index in [0.717, 1.165) is 14.4 Å². The summed E-state index contributed by atoms with van der Waals surface area (Å²) < 4.78 is 5.55. The van der Waals surface area contributed by atoms with Crippen molar-refractivity contribution in [1.82, 2.24) is 4.98 Å². The molecule has 2 N–H and O–H groups in total. The number of hydrogen-bond donors (Lipinski definition) is 1. The summed E-state index contributed by atoms with van der Waals surface area (Å²) in [5.74, 6) is -0.401. The Balaban J connectivity index is 2.27. The van der Waals surface area contributed by atoms with Crippen molar-refractivity contribution in [2.75, 3.05) is 12.8 Å². The predicted octanol–water partition coefficient (Wildman–Crippen LogP) is 3.36. The first kappa shape index (κ1) is 13.9. The van der Waals surface area contributed by atoms with Crippen molar-refractivity contribution >= 4 is 39.3 Å². The number of nitrogens with zero attached hydrogens (tertiary/aromatic N) is 1. The van der Waals surface area contributed by atoms with Crippen molar-refractivity contribution in [1.29, 1.82) is 0 Å². The van der Waals surface area contributed by atoms with Gasteiger partial charge in [0.25, 0.3) is 0 Å². The van der Waals surface area contributed by atoms with Gasteiger partial charge >= 0.3 is 5.97 Å². The quantitative estimate of drug-likeness (QED) is 0.686. The summed E-state index contributed by atoms with van der Waals surface area (Å²) in [6.07, 6.45) is 1.71. The SMILES string of the molecule is COC(=O)c1ccc(Sc2ncccc2Br)c(N)c1.